The summed E-state index contributed by atoms with van der Waals surface area (Å²) in [7, 11) is 0. The monoisotopic (exact) mass is 585 g/mol. The first-order valence-electron chi connectivity index (χ1n) is 14.6. The smallest absolute Gasteiger partial charge is 0.325 e. The minimum atomic E-state index is -0.536. The number of aromatic hydroxyl groups is 1. The summed E-state index contributed by atoms with van der Waals surface area (Å²) in [5, 5.41) is 20.6. The number of hydrogen-bond acceptors (Lipinski definition) is 5. The molecule has 1 aliphatic rings. The number of nitrogens with one attached hydrogen (secondary N) is 4. The number of benzene rings is 2. The Morgan fingerprint density at radius 1 is 1.02 bits per heavy atom. The van der Waals surface area contributed by atoms with Gasteiger partial charge in [-0.05, 0) is 55.9 Å². The van der Waals surface area contributed by atoms with E-state index in [1.54, 1.807) is 9.58 Å². The second-order valence-corrected chi connectivity index (χ2v) is 12.3. The van der Waals surface area contributed by atoms with E-state index in [2.05, 4.69) is 41.4 Å². The number of nitrogens with zero attached hydrogens (tertiary/aromatic N) is 3. The molecule has 3 amide bonds. The van der Waals surface area contributed by atoms with Crippen LogP contribution >= 0.6 is 0 Å². The van der Waals surface area contributed by atoms with Gasteiger partial charge in [0.1, 0.15) is 5.82 Å². The van der Waals surface area contributed by atoms with Gasteiger partial charge in [0, 0.05) is 30.3 Å². The largest absolute Gasteiger partial charge is 0.493 e. The Bertz CT molecular complexity index is 1650. The van der Waals surface area contributed by atoms with Crippen LogP contribution in [0.5, 0.6) is 5.88 Å². The third kappa shape index (κ3) is 7.17. The first-order chi connectivity index (χ1) is 20.5. The van der Waals surface area contributed by atoms with Gasteiger partial charge in [0.25, 0.3) is 0 Å². The third-order valence-electron chi connectivity index (χ3n) is 7.85. The van der Waals surface area contributed by atoms with Gasteiger partial charge >= 0.3 is 11.7 Å². The van der Waals surface area contributed by atoms with E-state index in [-0.39, 0.29) is 35.3 Å². The van der Waals surface area contributed by atoms with E-state index in [4.69, 9.17) is 5.10 Å². The minimum absolute atomic E-state index is 0.0584. The molecular weight excluding hydrogens is 546 g/mol. The van der Waals surface area contributed by atoms with E-state index < -0.39 is 5.69 Å². The van der Waals surface area contributed by atoms with Crippen molar-refractivity contribution in [1.29, 1.82) is 0 Å². The zero-order valence-electron chi connectivity index (χ0n) is 25.0. The number of piperidine rings is 1. The number of likely N-dealkylation sites (tertiary alicyclic amines) is 1. The van der Waals surface area contributed by atoms with Gasteiger partial charge in [-0.1, -0.05) is 56.7 Å². The standard InChI is InChI=1S/C32H39N7O4/c1-20-9-11-23(12-10-20)39-27(19-26(37-39)32(2,3)4)35-30(42)33-24-8-6-5-7-22(24)17-21-13-15-38(16-14-21)28(40)18-25-29(41)36-31(43)34-25/h5-12,19,21,41H,13-18H2,1-4H3,(H2,33,35,42)(H2,34,36,43). The van der Waals surface area contributed by atoms with Gasteiger partial charge in [0.05, 0.1) is 23.5 Å². The van der Waals surface area contributed by atoms with Crippen molar-refractivity contribution in [3.05, 3.63) is 87.6 Å². The van der Waals surface area contributed by atoms with Gasteiger partial charge in [0.15, 0.2) is 0 Å². The average molecular weight is 586 g/mol. The second-order valence-electron chi connectivity index (χ2n) is 12.3. The van der Waals surface area contributed by atoms with Gasteiger partial charge in [0.2, 0.25) is 11.8 Å². The van der Waals surface area contributed by atoms with Crippen molar-refractivity contribution in [1.82, 2.24) is 24.6 Å². The molecule has 5 N–H and O–H groups in total. The number of anilines is 2. The summed E-state index contributed by atoms with van der Waals surface area (Å²) in [6.07, 6.45) is 2.33. The van der Waals surface area contributed by atoms with Crippen LogP contribution in [0, 0.1) is 12.8 Å². The molecule has 0 aliphatic carbocycles. The number of urea groups is 1. The van der Waals surface area contributed by atoms with Crippen LogP contribution < -0.4 is 16.3 Å². The minimum Gasteiger partial charge on any atom is -0.493 e. The lowest BCUT2D eigenvalue weighted by Crippen LogP contribution is -2.39. The fraction of sp³-hybridized carbons (Fsp3) is 0.375. The summed E-state index contributed by atoms with van der Waals surface area (Å²) in [6, 6.07) is 17.3. The van der Waals surface area contributed by atoms with E-state index in [9.17, 15) is 19.5 Å². The highest BCUT2D eigenvalue weighted by Crippen LogP contribution is 2.28. The van der Waals surface area contributed by atoms with Crippen LogP contribution in [0.4, 0.5) is 16.3 Å². The fourth-order valence-electron chi connectivity index (χ4n) is 5.31. The molecule has 0 unspecified atom stereocenters. The van der Waals surface area contributed by atoms with Crippen LogP contribution in [0.1, 0.15) is 56.1 Å². The van der Waals surface area contributed by atoms with Crippen molar-refractivity contribution in [2.75, 3.05) is 23.7 Å². The molecule has 0 spiro atoms. The summed E-state index contributed by atoms with van der Waals surface area (Å²) < 4.78 is 1.76. The van der Waals surface area contributed by atoms with Crippen molar-refractivity contribution >= 4 is 23.4 Å². The highest BCUT2D eigenvalue weighted by atomic mass is 16.3. The Labute approximate surface area is 250 Å². The van der Waals surface area contributed by atoms with Crippen LogP contribution in [-0.4, -0.2) is 54.8 Å². The Morgan fingerprint density at radius 2 is 1.72 bits per heavy atom. The molecule has 11 nitrogen and oxygen atoms in total. The molecular formula is C32H39N7O4. The summed E-state index contributed by atoms with van der Waals surface area (Å²) in [4.78, 5) is 43.8. The third-order valence-corrected chi connectivity index (χ3v) is 7.85. The van der Waals surface area contributed by atoms with Crippen LogP contribution in [0.25, 0.3) is 5.69 Å². The Morgan fingerprint density at radius 3 is 2.37 bits per heavy atom. The summed E-state index contributed by atoms with van der Waals surface area (Å²) in [5.41, 5.74) is 4.11. The number of aromatic nitrogens is 4. The molecule has 0 saturated carbocycles. The Kier molecular flexibility index (Phi) is 8.43. The molecule has 2 aromatic heterocycles. The summed E-state index contributed by atoms with van der Waals surface area (Å²) in [6.45, 7) is 9.47. The molecule has 2 aromatic carbocycles. The van der Waals surface area contributed by atoms with Crippen LogP contribution in [0.2, 0.25) is 0 Å². The first-order valence-corrected chi connectivity index (χ1v) is 14.6. The van der Waals surface area contributed by atoms with Crippen molar-refractivity contribution < 1.29 is 14.7 Å². The Hall–Kier alpha value is -4.80. The normalized spacial score (nSPS) is 14.1. The maximum Gasteiger partial charge on any atom is 0.325 e. The predicted molar refractivity (Wildman–Crippen MR) is 166 cm³/mol. The van der Waals surface area contributed by atoms with Gasteiger partial charge < -0.3 is 20.3 Å². The average Bonchev–Trinajstić information content (AvgIpc) is 3.52. The molecule has 0 radical (unpaired) electrons. The molecule has 0 atom stereocenters. The molecule has 3 heterocycles. The number of carbonyl (C=O) groups is 2. The number of aryl methyl sites for hydroxylation is 1. The van der Waals surface area contributed by atoms with Crippen molar-refractivity contribution in [3.63, 3.8) is 0 Å². The number of amides is 3. The van der Waals surface area contributed by atoms with Crippen LogP contribution in [0.3, 0.4) is 0 Å². The molecule has 43 heavy (non-hydrogen) atoms. The van der Waals surface area contributed by atoms with Crippen LogP contribution in [-0.2, 0) is 23.1 Å². The van der Waals surface area contributed by atoms with E-state index in [0.29, 0.717) is 24.8 Å². The quantitative estimate of drug-likeness (QED) is 0.210. The van der Waals surface area contributed by atoms with E-state index in [1.807, 2.05) is 61.5 Å². The molecule has 226 valence electrons. The van der Waals surface area contributed by atoms with Crippen LogP contribution in [0.15, 0.2) is 59.4 Å². The molecule has 4 aromatic rings. The van der Waals surface area contributed by atoms with E-state index in [0.717, 1.165) is 47.5 Å². The molecule has 11 heteroatoms. The number of rotatable bonds is 7. The van der Waals surface area contributed by atoms with Crippen molar-refractivity contribution in [3.8, 4) is 11.6 Å². The number of para-hydroxylation sites is 1. The first kappa shape index (κ1) is 29.7. The number of imidazole rings is 1. The van der Waals surface area contributed by atoms with Gasteiger partial charge in [-0.25, -0.2) is 14.3 Å². The highest BCUT2D eigenvalue weighted by molar-refractivity contribution is 6.00. The second kappa shape index (κ2) is 12.2. The maximum absolute atomic E-state index is 13.3. The fourth-order valence-corrected chi connectivity index (χ4v) is 5.31. The predicted octanol–water partition coefficient (Wildman–Crippen LogP) is 4.87. The number of H-pyrrole nitrogens is 2. The topological polar surface area (TPSA) is 148 Å². The zero-order valence-corrected chi connectivity index (χ0v) is 25.0. The summed E-state index contributed by atoms with van der Waals surface area (Å²) in [5.74, 6) is 0.489. The van der Waals surface area contributed by atoms with Gasteiger partial charge in [-0.15, -0.1) is 0 Å². The van der Waals surface area contributed by atoms with Gasteiger partial charge in [-0.2, -0.15) is 5.10 Å². The van der Waals surface area contributed by atoms with E-state index in [1.165, 1.54) is 0 Å². The molecule has 1 saturated heterocycles. The molecule has 1 aliphatic heterocycles. The number of aromatic amines is 2. The lowest BCUT2D eigenvalue weighted by Gasteiger charge is -2.32. The lowest BCUT2D eigenvalue weighted by molar-refractivity contribution is -0.131. The molecule has 5 rings (SSSR count). The molecule has 1 fully saturated rings. The zero-order chi connectivity index (χ0) is 30.7. The van der Waals surface area contributed by atoms with Crippen molar-refractivity contribution in [2.45, 2.75) is 58.8 Å². The summed E-state index contributed by atoms with van der Waals surface area (Å²) >= 11 is 0. The van der Waals surface area contributed by atoms with Crippen molar-refractivity contribution in [2.24, 2.45) is 5.92 Å². The molecule has 0 bridgehead atoms. The SMILES string of the molecule is Cc1ccc(-n2nc(C(C)(C)C)cc2NC(=O)Nc2ccccc2CC2CCN(C(=O)Cc3[nH]c(=O)[nH]c3O)CC2)cc1. The maximum atomic E-state index is 13.3. The lowest BCUT2D eigenvalue weighted by atomic mass is 9.89. The number of hydrogen-bond donors (Lipinski definition) is 5. The van der Waals surface area contributed by atoms with Gasteiger partial charge in [-0.3, -0.25) is 15.1 Å². The Balaban J connectivity index is 1.22. The number of carbonyl (C=O) groups excluding carboxylic acids is 2. The highest BCUT2D eigenvalue weighted by Gasteiger charge is 2.26. The van der Waals surface area contributed by atoms with E-state index >= 15 is 0 Å².